The number of carbonyl (C=O) groups is 1. The quantitative estimate of drug-likeness (QED) is 0.292. The normalized spacial score (nSPS) is 9.88. The zero-order valence-electron chi connectivity index (χ0n) is 6.12. The van der Waals surface area contributed by atoms with Crippen LogP contribution in [-0.2, 0) is 4.79 Å². The van der Waals surface area contributed by atoms with Crippen molar-refractivity contribution >= 4 is 5.78 Å². The Morgan fingerprint density at radius 3 is 1.50 bits per heavy atom. The molecule has 0 spiro atoms. The van der Waals surface area contributed by atoms with Crippen molar-refractivity contribution in [3.8, 4) is 0 Å². The third-order valence-corrected chi connectivity index (χ3v) is 0.837. The summed E-state index contributed by atoms with van der Waals surface area (Å²) in [6.07, 6.45) is 0. The molecule has 0 atom stereocenters. The minimum atomic E-state index is -0.250. The molecule has 0 aromatic heterocycles. The van der Waals surface area contributed by atoms with Gasteiger partial charge in [-0.05, 0) is 5.41 Å². The molecule has 0 heterocycles. The van der Waals surface area contributed by atoms with Crippen molar-refractivity contribution < 1.29 is 56.2 Å². The Hall–Kier alpha value is 1.18. The van der Waals surface area contributed by atoms with E-state index >= 15 is 0 Å². The van der Waals surface area contributed by atoms with Gasteiger partial charge >= 0.3 is 51.4 Å². The van der Waals surface area contributed by atoms with Gasteiger partial charge in [0.05, 0.1) is 0 Å². The van der Waals surface area contributed by atoms with Crippen molar-refractivity contribution in [2.75, 3.05) is 0 Å². The monoisotopic (exact) mass is 138 g/mol. The zero-order valence-corrected chi connectivity index (χ0v) is 9.24. The van der Waals surface area contributed by atoms with E-state index < -0.39 is 0 Å². The van der Waals surface area contributed by atoms with Crippen LogP contribution in [0.25, 0.3) is 0 Å². The van der Waals surface area contributed by atoms with Gasteiger partial charge in [0.25, 0.3) is 0 Å². The summed E-state index contributed by atoms with van der Waals surface area (Å²) in [5.74, 6) is -0.00694. The van der Waals surface area contributed by atoms with Crippen molar-refractivity contribution in [2.45, 2.75) is 20.8 Å². The van der Waals surface area contributed by atoms with Crippen LogP contribution in [0.15, 0.2) is 0 Å². The Balaban J connectivity index is 0. The molecule has 0 aromatic carbocycles. The van der Waals surface area contributed by atoms with E-state index in [0.29, 0.717) is 0 Å². The Kier molecular flexibility index (Phi) is 6.05. The van der Waals surface area contributed by atoms with E-state index in [-0.39, 0.29) is 62.6 Å². The summed E-state index contributed by atoms with van der Waals surface area (Å²) in [5.41, 5.74) is -0.250. The number of Topliss-reactive ketones (excluding diaryl/α,β-unsaturated/α-hetero) is 1. The first-order valence-electron chi connectivity index (χ1n) is 2.31. The Morgan fingerprint density at radius 1 is 1.38 bits per heavy atom. The predicted octanol–water partition coefficient (Wildman–Crippen LogP) is -1.56. The van der Waals surface area contributed by atoms with Gasteiger partial charge in [0.2, 0.25) is 0 Å². The molecule has 0 radical (unpaired) electrons. The van der Waals surface area contributed by atoms with Crippen molar-refractivity contribution in [1.82, 2.24) is 0 Å². The summed E-state index contributed by atoms with van der Waals surface area (Å²) < 4.78 is 0. The van der Waals surface area contributed by atoms with Gasteiger partial charge in [0, 0.05) is 5.78 Å². The number of hydrogen-bond donors (Lipinski definition) is 0. The molecule has 0 amide bonds. The second-order valence-electron chi connectivity index (χ2n) is 2.67. The maximum atomic E-state index is 10.4. The second-order valence-corrected chi connectivity index (χ2v) is 2.67. The average Bonchev–Trinajstić information content (AvgIpc) is 1.31. The van der Waals surface area contributed by atoms with E-state index in [9.17, 15) is 4.79 Å². The fraction of sp³-hybridized carbons (Fsp3) is 0.667. The molecule has 0 saturated carbocycles. The number of ketones is 1. The SMILES string of the molecule is [CH2-]C(=O)C(C)(C)C.[K+]. The minimum absolute atomic E-state index is 0. The average molecular weight is 138 g/mol. The van der Waals surface area contributed by atoms with E-state index in [1.165, 1.54) is 0 Å². The summed E-state index contributed by atoms with van der Waals surface area (Å²) >= 11 is 0. The molecule has 0 N–H and O–H groups in total. The molecule has 1 nitrogen and oxygen atoms in total. The Bertz CT molecular complexity index is 81.0. The van der Waals surface area contributed by atoms with E-state index in [1.807, 2.05) is 20.8 Å². The Labute approximate surface area is 93.6 Å². The van der Waals surface area contributed by atoms with Crippen LogP contribution < -0.4 is 51.4 Å². The molecule has 0 aliphatic heterocycles. The van der Waals surface area contributed by atoms with Crippen LogP contribution in [0.1, 0.15) is 20.8 Å². The van der Waals surface area contributed by atoms with E-state index in [1.54, 1.807) is 0 Å². The fourth-order valence-corrected chi connectivity index (χ4v) is 0. The number of carbonyl (C=O) groups excluding carboxylic acids is 1. The van der Waals surface area contributed by atoms with Crippen LogP contribution in [0, 0.1) is 12.3 Å². The molecule has 8 heavy (non-hydrogen) atoms. The molecule has 0 fully saturated rings. The van der Waals surface area contributed by atoms with Gasteiger partial charge in [-0.25, -0.2) is 0 Å². The van der Waals surface area contributed by atoms with Crippen LogP contribution in [0.5, 0.6) is 0 Å². The summed E-state index contributed by atoms with van der Waals surface area (Å²) in [6, 6.07) is 0. The largest absolute Gasteiger partial charge is 1.00 e. The number of hydrogen-bond acceptors (Lipinski definition) is 1. The van der Waals surface area contributed by atoms with Crippen LogP contribution in [0.2, 0.25) is 0 Å². The Morgan fingerprint density at radius 2 is 1.50 bits per heavy atom. The van der Waals surface area contributed by atoms with Crippen LogP contribution >= 0.6 is 0 Å². The first kappa shape index (κ1) is 11.9. The van der Waals surface area contributed by atoms with Crippen LogP contribution in [0.4, 0.5) is 0 Å². The molecular weight excluding hydrogens is 127 g/mol. The fourth-order valence-electron chi connectivity index (χ4n) is 0. The maximum Gasteiger partial charge on any atom is 1.00 e. The van der Waals surface area contributed by atoms with Gasteiger partial charge in [-0.3, -0.25) is 0 Å². The van der Waals surface area contributed by atoms with Crippen molar-refractivity contribution in [3.05, 3.63) is 6.92 Å². The maximum absolute atomic E-state index is 10.4. The molecule has 0 aliphatic carbocycles. The van der Waals surface area contributed by atoms with Crippen LogP contribution in [-0.4, -0.2) is 5.78 Å². The molecule has 0 unspecified atom stereocenters. The second kappa shape index (κ2) is 4.07. The van der Waals surface area contributed by atoms with Gasteiger partial charge in [0.15, 0.2) is 0 Å². The summed E-state index contributed by atoms with van der Waals surface area (Å²) in [4.78, 5) is 10.4. The predicted molar refractivity (Wildman–Crippen MR) is 29.8 cm³/mol. The molecular formula is C6H11KO. The van der Waals surface area contributed by atoms with E-state index in [0.717, 1.165) is 0 Å². The van der Waals surface area contributed by atoms with Crippen molar-refractivity contribution in [2.24, 2.45) is 5.41 Å². The smallest absolute Gasteiger partial charge is 0.339 e. The zero-order chi connectivity index (χ0) is 6.08. The van der Waals surface area contributed by atoms with Crippen molar-refractivity contribution in [3.63, 3.8) is 0 Å². The molecule has 0 aliphatic rings. The van der Waals surface area contributed by atoms with Gasteiger partial charge in [-0.2, -0.15) is 0 Å². The van der Waals surface area contributed by atoms with Gasteiger partial charge in [0.1, 0.15) is 0 Å². The van der Waals surface area contributed by atoms with Gasteiger partial charge in [-0.1, -0.05) is 20.8 Å². The van der Waals surface area contributed by atoms with E-state index in [4.69, 9.17) is 0 Å². The molecule has 42 valence electrons. The standard InChI is InChI=1S/C6H11O.K/c1-5(7)6(2,3)4;/h1H2,2-4H3;/q-1;+1. The molecule has 0 aromatic rings. The number of rotatable bonds is 0. The molecule has 0 bridgehead atoms. The third kappa shape index (κ3) is 5.32. The minimum Gasteiger partial charge on any atom is -0.339 e. The third-order valence-electron chi connectivity index (χ3n) is 0.837. The topological polar surface area (TPSA) is 17.1 Å². The first-order valence-corrected chi connectivity index (χ1v) is 2.31. The van der Waals surface area contributed by atoms with Crippen LogP contribution in [0.3, 0.4) is 0 Å². The summed E-state index contributed by atoms with van der Waals surface area (Å²) in [7, 11) is 0. The summed E-state index contributed by atoms with van der Waals surface area (Å²) in [5, 5.41) is 0. The van der Waals surface area contributed by atoms with E-state index in [2.05, 4.69) is 6.92 Å². The summed E-state index contributed by atoms with van der Waals surface area (Å²) in [6.45, 7) is 8.82. The molecule has 0 rings (SSSR count). The first-order chi connectivity index (χ1) is 2.94. The van der Waals surface area contributed by atoms with Gasteiger partial charge in [-0.15, -0.1) is 0 Å². The molecule has 0 saturated heterocycles. The van der Waals surface area contributed by atoms with Crippen molar-refractivity contribution in [1.29, 1.82) is 0 Å². The molecule has 2 heteroatoms. The van der Waals surface area contributed by atoms with Gasteiger partial charge < -0.3 is 11.7 Å².